The number of methoxy groups -OCH3 is 2. The van der Waals surface area contributed by atoms with Gasteiger partial charge >= 0.3 is 0 Å². The first-order valence-electron chi connectivity index (χ1n) is 11.7. The van der Waals surface area contributed by atoms with Gasteiger partial charge in [-0.15, -0.1) is 0 Å². The molecule has 0 saturated carbocycles. The summed E-state index contributed by atoms with van der Waals surface area (Å²) in [5.74, 6) is 1.10. The Morgan fingerprint density at radius 2 is 1.70 bits per heavy atom. The van der Waals surface area contributed by atoms with Crippen LogP contribution in [0.15, 0.2) is 0 Å². The van der Waals surface area contributed by atoms with E-state index in [1.807, 2.05) is 16.8 Å². The SMILES string of the molecule is CC[C@H](C)[C@@H]([C@@H](CC(=O)N1CCC[C@H]1[C@H](OC)C(C)C)OC)N(C)C(=O)CC(C)C. The molecule has 2 amide bonds. The third-order valence-corrected chi connectivity index (χ3v) is 6.64. The lowest BCUT2D eigenvalue weighted by Gasteiger charge is -2.39. The lowest BCUT2D eigenvalue weighted by molar-refractivity contribution is -0.144. The average Bonchev–Trinajstić information content (AvgIpc) is 3.15. The van der Waals surface area contributed by atoms with Gasteiger partial charge in [-0.05, 0) is 30.6 Å². The van der Waals surface area contributed by atoms with Gasteiger partial charge in [0.1, 0.15) is 0 Å². The molecule has 176 valence electrons. The van der Waals surface area contributed by atoms with Gasteiger partial charge in [-0.1, -0.05) is 48.0 Å². The fourth-order valence-electron chi connectivity index (χ4n) is 4.85. The molecule has 0 aromatic rings. The van der Waals surface area contributed by atoms with Crippen LogP contribution in [0.2, 0.25) is 0 Å². The molecule has 1 aliphatic heterocycles. The zero-order chi connectivity index (χ0) is 23.0. The second kappa shape index (κ2) is 12.7. The first-order chi connectivity index (χ1) is 14.1. The van der Waals surface area contributed by atoms with Crippen LogP contribution in [0.1, 0.15) is 73.6 Å². The number of carbonyl (C=O) groups excluding carboxylic acids is 2. The zero-order valence-corrected chi connectivity index (χ0v) is 20.8. The van der Waals surface area contributed by atoms with E-state index in [0.29, 0.717) is 18.3 Å². The Morgan fingerprint density at radius 1 is 1.07 bits per heavy atom. The highest BCUT2D eigenvalue weighted by atomic mass is 16.5. The van der Waals surface area contributed by atoms with E-state index in [1.165, 1.54) is 0 Å². The summed E-state index contributed by atoms with van der Waals surface area (Å²) < 4.78 is 11.6. The van der Waals surface area contributed by atoms with Crippen LogP contribution in [0.3, 0.4) is 0 Å². The predicted molar refractivity (Wildman–Crippen MR) is 121 cm³/mol. The minimum absolute atomic E-state index is 0.0399. The van der Waals surface area contributed by atoms with Crippen LogP contribution in [0, 0.1) is 17.8 Å². The molecular weight excluding hydrogens is 380 g/mol. The van der Waals surface area contributed by atoms with E-state index >= 15 is 0 Å². The molecule has 1 heterocycles. The van der Waals surface area contributed by atoms with Crippen molar-refractivity contribution in [3.63, 3.8) is 0 Å². The van der Waals surface area contributed by atoms with Gasteiger partial charge in [0, 0.05) is 34.2 Å². The summed E-state index contributed by atoms with van der Waals surface area (Å²) >= 11 is 0. The number of rotatable bonds is 12. The Hall–Kier alpha value is -1.14. The van der Waals surface area contributed by atoms with Crippen LogP contribution < -0.4 is 0 Å². The molecule has 6 nitrogen and oxygen atoms in total. The monoisotopic (exact) mass is 426 g/mol. The van der Waals surface area contributed by atoms with Crippen LogP contribution in [-0.2, 0) is 19.1 Å². The van der Waals surface area contributed by atoms with E-state index in [-0.39, 0.29) is 48.4 Å². The summed E-state index contributed by atoms with van der Waals surface area (Å²) in [7, 11) is 5.25. The number of likely N-dealkylation sites (N-methyl/N-ethyl adjacent to an activating group) is 1. The second-order valence-corrected chi connectivity index (χ2v) is 9.70. The third-order valence-electron chi connectivity index (χ3n) is 6.64. The number of amides is 2. The fraction of sp³-hybridized carbons (Fsp3) is 0.917. The third kappa shape index (κ3) is 6.94. The number of likely N-dealkylation sites (tertiary alicyclic amines) is 1. The van der Waals surface area contributed by atoms with Crippen LogP contribution in [0.25, 0.3) is 0 Å². The molecule has 1 rings (SSSR count). The van der Waals surface area contributed by atoms with Crippen LogP contribution in [-0.4, -0.2) is 73.7 Å². The van der Waals surface area contributed by atoms with Gasteiger partial charge in [-0.25, -0.2) is 0 Å². The largest absolute Gasteiger partial charge is 0.379 e. The molecule has 1 aliphatic rings. The number of ether oxygens (including phenoxy) is 2. The maximum Gasteiger partial charge on any atom is 0.225 e. The van der Waals surface area contributed by atoms with Crippen molar-refractivity contribution in [3.05, 3.63) is 0 Å². The van der Waals surface area contributed by atoms with Crippen molar-refractivity contribution < 1.29 is 19.1 Å². The normalized spacial score (nSPS) is 21.0. The van der Waals surface area contributed by atoms with Crippen LogP contribution >= 0.6 is 0 Å². The lowest BCUT2D eigenvalue weighted by atomic mass is 9.90. The number of hydrogen-bond acceptors (Lipinski definition) is 4. The Labute approximate surface area is 184 Å². The number of nitrogens with zero attached hydrogens (tertiary/aromatic N) is 2. The molecule has 30 heavy (non-hydrogen) atoms. The van der Waals surface area contributed by atoms with Crippen LogP contribution in [0.4, 0.5) is 0 Å². The molecule has 0 N–H and O–H groups in total. The van der Waals surface area contributed by atoms with E-state index in [2.05, 4.69) is 41.5 Å². The minimum Gasteiger partial charge on any atom is -0.379 e. The maximum absolute atomic E-state index is 13.3. The Kier molecular flexibility index (Phi) is 11.3. The second-order valence-electron chi connectivity index (χ2n) is 9.70. The molecule has 0 bridgehead atoms. The smallest absolute Gasteiger partial charge is 0.225 e. The van der Waals surface area contributed by atoms with E-state index in [1.54, 1.807) is 14.2 Å². The van der Waals surface area contributed by atoms with E-state index in [4.69, 9.17) is 9.47 Å². The van der Waals surface area contributed by atoms with Crippen molar-refractivity contribution in [2.24, 2.45) is 17.8 Å². The molecule has 5 atom stereocenters. The molecule has 0 aliphatic carbocycles. The van der Waals surface area contributed by atoms with E-state index in [9.17, 15) is 9.59 Å². The predicted octanol–water partition coefficient (Wildman–Crippen LogP) is 3.97. The van der Waals surface area contributed by atoms with Gasteiger partial charge < -0.3 is 19.3 Å². The van der Waals surface area contributed by atoms with Crippen molar-refractivity contribution in [2.45, 2.75) is 97.9 Å². The van der Waals surface area contributed by atoms with Gasteiger partial charge in [0.2, 0.25) is 11.8 Å². The van der Waals surface area contributed by atoms with E-state index in [0.717, 1.165) is 25.8 Å². The highest BCUT2D eigenvalue weighted by Crippen LogP contribution is 2.29. The molecule has 0 spiro atoms. The topological polar surface area (TPSA) is 59.1 Å². The fourth-order valence-corrected chi connectivity index (χ4v) is 4.85. The molecular formula is C24H46N2O4. The molecule has 1 fully saturated rings. The van der Waals surface area contributed by atoms with Gasteiger partial charge in [0.25, 0.3) is 0 Å². The Balaban J connectivity index is 3.01. The standard InChI is InChI=1S/C24H46N2O4/c1-10-18(6)23(25(7)21(27)14-16(2)3)20(29-8)15-22(28)26-13-11-12-19(26)24(30-9)17(4)5/h16-20,23-24H,10-15H2,1-9H3/t18-,19-,20+,23-,24+/m0/s1. The molecule has 6 heteroatoms. The molecule has 1 saturated heterocycles. The minimum atomic E-state index is -0.324. The summed E-state index contributed by atoms with van der Waals surface area (Å²) in [6, 6.07) is -0.0121. The van der Waals surface area contributed by atoms with Crippen molar-refractivity contribution in [2.75, 3.05) is 27.8 Å². The van der Waals surface area contributed by atoms with Gasteiger partial charge in [0.15, 0.2) is 0 Å². The number of hydrogen-bond donors (Lipinski definition) is 0. The maximum atomic E-state index is 13.3. The summed E-state index contributed by atoms with van der Waals surface area (Å²) in [4.78, 5) is 29.9. The summed E-state index contributed by atoms with van der Waals surface area (Å²) in [5, 5.41) is 0. The van der Waals surface area contributed by atoms with E-state index < -0.39 is 0 Å². The van der Waals surface area contributed by atoms with Crippen LogP contribution in [0.5, 0.6) is 0 Å². The Bertz CT molecular complexity index is 537. The first-order valence-corrected chi connectivity index (χ1v) is 11.7. The van der Waals surface area contributed by atoms with Crippen molar-refractivity contribution >= 4 is 11.8 Å². The van der Waals surface area contributed by atoms with Gasteiger partial charge in [0.05, 0.1) is 30.7 Å². The average molecular weight is 427 g/mol. The number of carbonyl (C=O) groups is 2. The Morgan fingerprint density at radius 3 is 2.17 bits per heavy atom. The zero-order valence-electron chi connectivity index (χ0n) is 20.8. The summed E-state index contributed by atoms with van der Waals surface area (Å²) in [5.41, 5.74) is 0. The lowest BCUT2D eigenvalue weighted by Crippen LogP contribution is -2.52. The van der Waals surface area contributed by atoms with Gasteiger partial charge in [-0.3, -0.25) is 9.59 Å². The first kappa shape index (κ1) is 26.9. The molecule has 0 radical (unpaired) electrons. The van der Waals surface area contributed by atoms with Crippen molar-refractivity contribution in [1.82, 2.24) is 9.80 Å². The summed E-state index contributed by atoms with van der Waals surface area (Å²) in [6.07, 6.45) is 3.41. The van der Waals surface area contributed by atoms with Gasteiger partial charge in [-0.2, -0.15) is 0 Å². The quantitative estimate of drug-likeness (QED) is 0.474. The van der Waals surface area contributed by atoms with Crippen molar-refractivity contribution in [1.29, 1.82) is 0 Å². The van der Waals surface area contributed by atoms with Crippen molar-refractivity contribution in [3.8, 4) is 0 Å². The summed E-state index contributed by atoms with van der Waals surface area (Å²) in [6.45, 7) is 13.4. The molecule has 0 aromatic heterocycles. The molecule has 0 aromatic carbocycles. The highest BCUT2D eigenvalue weighted by Gasteiger charge is 2.39. The molecule has 0 unspecified atom stereocenters. The highest BCUT2D eigenvalue weighted by molar-refractivity contribution is 5.78.